The van der Waals surface area contributed by atoms with Crippen molar-refractivity contribution in [2.75, 3.05) is 0 Å². The summed E-state index contributed by atoms with van der Waals surface area (Å²) in [7, 11) is 0. The van der Waals surface area contributed by atoms with Gasteiger partial charge in [-0.3, -0.25) is 0 Å². The summed E-state index contributed by atoms with van der Waals surface area (Å²) in [5, 5.41) is 5.02. The molecule has 0 atom stereocenters. The molecule has 3 aromatic rings. The lowest BCUT2D eigenvalue weighted by Gasteiger charge is -2.05. The Morgan fingerprint density at radius 3 is 2.24 bits per heavy atom. The maximum Gasteiger partial charge on any atom is 0.00486 e. The second-order valence-corrected chi connectivity index (χ2v) is 4.31. The van der Waals surface area contributed by atoms with Crippen LogP contribution in [0, 0.1) is 0 Å². The number of fused-ring (bicyclic) bond motifs is 2. The van der Waals surface area contributed by atoms with Crippen LogP contribution in [0.1, 0.15) is 5.56 Å². The van der Waals surface area contributed by atoms with Gasteiger partial charge in [-0.15, -0.1) is 0 Å². The van der Waals surface area contributed by atoms with Crippen LogP contribution in [0.25, 0.3) is 27.6 Å². The number of halogens is 1. The first-order valence-electron chi connectivity index (χ1n) is 5.57. The predicted octanol–water partition coefficient (Wildman–Crippen LogP) is 5.20. The standard InChI is InChI=1S/C16H11Cl/c17-9-8-12-6-3-7-15-10-13-4-1-2-5-14(13)11-16(12)15/h1-11H. The second-order valence-electron chi connectivity index (χ2n) is 4.06. The summed E-state index contributed by atoms with van der Waals surface area (Å²) >= 11 is 5.67. The van der Waals surface area contributed by atoms with Crippen LogP contribution in [0.4, 0.5) is 0 Å². The molecule has 0 saturated heterocycles. The molecular formula is C16H11Cl. The fourth-order valence-electron chi connectivity index (χ4n) is 2.20. The lowest BCUT2D eigenvalue weighted by molar-refractivity contribution is 1.73. The molecule has 0 saturated carbocycles. The van der Waals surface area contributed by atoms with Gasteiger partial charge in [0.1, 0.15) is 0 Å². The first kappa shape index (κ1) is 10.4. The van der Waals surface area contributed by atoms with E-state index in [1.54, 1.807) is 5.54 Å². The first-order chi connectivity index (χ1) is 8.38. The molecule has 0 unspecified atom stereocenters. The summed E-state index contributed by atoms with van der Waals surface area (Å²) in [4.78, 5) is 0. The molecule has 1 heteroatoms. The third-order valence-corrected chi connectivity index (χ3v) is 3.15. The highest BCUT2D eigenvalue weighted by Gasteiger charge is 2.00. The summed E-state index contributed by atoms with van der Waals surface area (Å²) in [6.07, 6.45) is 1.93. The van der Waals surface area contributed by atoms with Crippen LogP contribution in [-0.2, 0) is 0 Å². The fraction of sp³-hybridized carbons (Fsp3) is 0. The van der Waals surface area contributed by atoms with Gasteiger partial charge in [-0.1, -0.05) is 54.1 Å². The molecule has 82 valence electrons. The fourth-order valence-corrected chi connectivity index (χ4v) is 2.34. The van der Waals surface area contributed by atoms with E-state index in [-0.39, 0.29) is 0 Å². The van der Waals surface area contributed by atoms with Crippen molar-refractivity contribution in [3.8, 4) is 0 Å². The summed E-state index contributed by atoms with van der Waals surface area (Å²) in [5.41, 5.74) is 2.72. The van der Waals surface area contributed by atoms with Crippen LogP contribution in [0.15, 0.2) is 60.1 Å². The normalized spacial score (nSPS) is 11.6. The topological polar surface area (TPSA) is 0 Å². The van der Waals surface area contributed by atoms with Crippen LogP contribution in [0.3, 0.4) is 0 Å². The molecule has 0 amide bonds. The molecule has 0 nitrogen and oxygen atoms in total. The van der Waals surface area contributed by atoms with Crippen LogP contribution in [-0.4, -0.2) is 0 Å². The van der Waals surface area contributed by atoms with Crippen LogP contribution in [0.2, 0.25) is 0 Å². The van der Waals surface area contributed by atoms with Crippen molar-refractivity contribution in [3.05, 3.63) is 65.7 Å². The molecule has 0 radical (unpaired) electrons. The Hall–Kier alpha value is -1.79. The molecule has 17 heavy (non-hydrogen) atoms. The van der Waals surface area contributed by atoms with Gasteiger partial charge in [-0.05, 0) is 45.3 Å². The average molecular weight is 239 g/mol. The molecule has 0 N–H and O–H groups in total. The largest absolute Gasteiger partial charge is 0.0929 e. The minimum Gasteiger partial charge on any atom is -0.0929 e. The van der Waals surface area contributed by atoms with Crippen molar-refractivity contribution < 1.29 is 0 Å². The molecule has 3 rings (SSSR count). The SMILES string of the molecule is ClC=Cc1cccc2cc3ccccc3cc12. The third kappa shape index (κ3) is 1.81. The molecule has 0 aromatic heterocycles. The van der Waals surface area contributed by atoms with Crippen molar-refractivity contribution in [3.63, 3.8) is 0 Å². The first-order valence-corrected chi connectivity index (χ1v) is 6.00. The number of benzene rings is 3. The van der Waals surface area contributed by atoms with Gasteiger partial charge in [-0.2, -0.15) is 0 Å². The highest BCUT2D eigenvalue weighted by atomic mass is 35.5. The van der Waals surface area contributed by atoms with Crippen molar-refractivity contribution in [2.24, 2.45) is 0 Å². The molecule has 0 heterocycles. The highest BCUT2D eigenvalue weighted by molar-refractivity contribution is 6.27. The van der Waals surface area contributed by atoms with Crippen molar-refractivity contribution in [1.82, 2.24) is 0 Å². The zero-order chi connectivity index (χ0) is 11.7. The average Bonchev–Trinajstić information content (AvgIpc) is 2.37. The Balaban J connectivity index is 2.43. The van der Waals surface area contributed by atoms with Gasteiger partial charge in [0.15, 0.2) is 0 Å². The van der Waals surface area contributed by atoms with Crippen molar-refractivity contribution >= 4 is 39.2 Å². The van der Waals surface area contributed by atoms with Gasteiger partial charge in [0.25, 0.3) is 0 Å². The highest BCUT2D eigenvalue weighted by Crippen LogP contribution is 2.26. The van der Waals surface area contributed by atoms with E-state index in [1.807, 2.05) is 6.08 Å². The van der Waals surface area contributed by atoms with E-state index in [0.29, 0.717) is 0 Å². The Kier molecular flexibility index (Phi) is 2.58. The Morgan fingerprint density at radius 1 is 0.765 bits per heavy atom. The van der Waals surface area contributed by atoms with Gasteiger partial charge < -0.3 is 0 Å². The summed E-state index contributed by atoms with van der Waals surface area (Å²) in [5.74, 6) is 0. The second kappa shape index (κ2) is 4.23. The van der Waals surface area contributed by atoms with E-state index < -0.39 is 0 Å². The van der Waals surface area contributed by atoms with E-state index in [1.165, 1.54) is 21.5 Å². The molecule has 0 aliphatic rings. The molecule has 0 fully saturated rings. The summed E-state index contributed by atoms with van der Waals surface area (Å²) < 4.78 is 0. The smallest absolute Gasteiger partial charge is 0.00486 e. The number of rotatable bonds is 1. The molecule has 0 bridgehead atoms. The third-order valence-electron chi connectivity index (χ3n) is 3.02. The molecule has 0 spiro atoms. The van der Waals surface area contributed by atoms with E-state index in [2.05, 4.69) is 54.6 Å². The van der Waals surface area contributed by atoms with Gasteiger partial charge in [0, 0.05) is 5.54 Å². The van der Waals surface area contributed by atoms with Crippen LogP contribution < -0.4 is 0 Å². The number of hydrogen-bond acceptors (Lipinski definition) is 0. The van der Waals surface area contributed by atoms with E-state index in [9.17, 15) is 0 Å². The minimum absolute atomic E-state index is 1.16. The monoisotopic (exact) mass is 238 g/mol. The van der Waals surface area contributed by atoms with Gasteiger partial charge in [0.05, 0.1) is 0 Å². The van der Waals surface area contributed by atoms with Crippen LogP contribution in [0.5, 0.6) is 0 Å². The van der Waals surface area contributed by atoms with Gasteiger partial charge in [0.2, 0.25) is 0 Å². The summed E-state index contributed by atoms with van der Waals surface area (Å²) in [6, 6.07) is 19.1. The Morgan fingerprint density at radius 2 is 1.47 bits per heavy atom. The quantitative estimate of drug-likeness (QED) is 0.511. The Labute approximate surface area is 105 Å². The molecule has 3 aromatic carbocycles. The van der Waals surface area contributed by atoms with Gasteiger partial charge in [-0.25, -0.2) is 0 Å². The Bertz CT molecular complexity index is 711. The zero-order valence-electron chi connectivity index (χ0n) is 9.23. The van der Waals surface area contributed by atoms with Crippen LogP contribution >= 0.6 is 11.6 Å². The minimum atomic E-state index is 1.16. The molecular weight excluding hydrogens is 228 g/mol. The van der Waals surface area contributed by atoms with E-state index in [4.69, 9.17) is 11.6 Å². The lowest BCUT2D eigenvalue weighted by atomic mass is 10.00. The molecule has 0 aliphatic heterocycles. The van der Waals surface area contributed by atoms with Crippen molar-refractivity contribution in [1.29, 1.82) is 0 Å². The number of hydrogen-bond donors (Lipinski definition) is 0. The zero-order valence-corrected chi connectivity index (χ0v) is 9.98. The predicted molar refractivity (Wildman–Crippen MR) is 76.3 cm³/mol. The van der Waals surface area contributed by atoms with Crippen molar-refractivity contribution in [2.45, 2.75) is 0 Å². The van der Waals surface area contributed by atoms with E-state index in [0.717, 1.165) is 5.56 Å². The van der Waals surface area contributed by atoms with E-state index >= 15 is 0 Å². The maximum absolute atomic E-state index is 5.67. The lowest BCUT2D eigenvalue weighted by Crippen LogP contribution is -1.79. The molecule has 0 aliphatic carbocycles. The maximum atomic E-state index is 5.67. The van der Waals surface area contributed by atoms with Gasteiger partial charge >= 0.3 is 0 Å². The summed E-state index contributed by atoms with van der Waals surface area (Å²) in [6.45, 7) is 0.